The number of anilines is 3. The van der Waals surface area contributed by atoms with Crippen molar-refractivity contribution in [3.8, 4) is 0 Å². The third-order valence-electron chi connectivity index (χ3n) is 9.19. The molecule has 0 bridgehead atoms. The first-order chi connectivity index (χ1) is 22.0. The van der Waals surface area contributed by atoms with Gasteiger partial charge in [0.15, 0.2) is 13.9 Å². The van der Waals surface area contributed by atoms with Gasteiger partial charge in [-0.15, -0.1) is 5.10 Å². The summed E-state index contributed by atoms with van der Waals surface area (Å²) in [5.41, 5.74) is 9.12. The second-order valence-corrected chi connectivity index (χ2v) is 16.8. The topological polar surface area (TPSA) is 156 Å². The Balaban J connectivity index is 1.26. The normalized spacial score (nSPS) is 22.4. The van der Waals surface area contributed by atoms with E-state index in [1.165, 1.54) is 0 Å². The molecule has 2 amide bonds. The number of aliphatic hydroxyl groups excluding tert-OH is 1. The van der Waals surface area contributed by atoms with Crippen molar-refractivity contribution in [3.63, 3.8) is 0 Å². The molecule has 5 N–H and O–H groups in total. The average Bonchev–Trinajstić information content (AvgIpc) is 3.67. The smallest absolute Gasteiger partial charge is 0.264 e. The number of benzene rings is 3. The number of aryl methyl sites for hydroxylation is 1. The molecule has 4 atom stereocenters. The minimum Gasteiger partial charge on any atom is -0.432 e. The molecular formula is C34H40N6O5Si. The molecule has 46 heavy (non-hydrogen) atoms. The summed E-state index contributed by atoms with van der Waals surface area (Å²) in [5.74, 6) is -0.696. The van der Waals surface area contributed by atoms with Crippen molar-refractivity contribution in [2.45, 2.75) is 63.2 Å². The van der Waals surface area contributed by atoms with Crippen molar-refractivity contribution in [2.24, 2.45) is 5.92 Å². The van der Waals surface area contributed by atoms with Crippen LogP contribution < -0.4 is 16.0 Å². The first-order valence-corrected chi connectivity index (χ1v) is 18.6. The van der Waals surface area contributed by atoms with E-state index in [1.54, 1.807) is 33.8 Å². The second-order valence-electron chi connectivity index (χ2n) is 12.8. The van der Waals surface area contributed by atoms with Gasteiger partial charge >= 0.3 is 0 Å². The number of ether oxygens (including phenoxy) is 1. The zero-order valence-electron chi connectivity index (χ0n) is 26.3. The van der Waals surface area contributed by atoms with E-state index in [0.29, 0.717) is 42.0 Å². The molecule has 2 aliphatic rings. The lowest BCUT2D eigenvalue weighted by molar-refractivity contribution is -0.146. The number of aromatic nitrogens is 3. The van der Waals surface area contributed by atoms with Crippen LogP contribution in [-0.2, 0) is 34.6 Å². The molecule has 3 heterocycles. The lowest BCUT2D eigenvalue weighted by Gasteiger charge is -2.32. The van der Waals surface area contributed by atoms with Crippen LogP contribution in [0.4, 0.5) is 17.1 Å². The number of nitrogens with one attached hydrogen (secondary N) is 1. The largest absolute Gasteiger partial charge is 0.432 e. The van der Waals surface area contributed by atoms with E-state index in [4.69, 9.17) is 10.5 Å². The van der Waals surface area contributed by atoms with Gasteiger partial charge in [-0.25, -0.2) is 0 Å². The van der Waals surface area contributed by atoms with Crippen molar-refractivity contribution in [1.82, 2.24) is 15.0 Å². The van der Waals surface area contributed by atoms with Crippen molar-refractivity contribution in [2.75, 3.05) is 22.6 Å². The van der Waals surface area contributed by atoms with E-state index in [0.717, 1.165) is 16.8 Å². The number of nitrogens with two attached hydrogens (primary N) is 1. The van der Waals surface area contributed by atoms with Crippen LogP contribution in [0, 0.1) is 5.92 Å². The Morgan fingerprint density at radius 3 is 2.61 bits per heavy atom. The maximum Gasteiger partial charge on any atom is 0.264 e. The zero-order valence-corrected chi connectivity index (χ0v) is 27.3. The van der Waals surface area contributed by atoms with Crippen LogP contribution in [0.2, 0.25) is 18.6 Å². The van der Waals surface area contributed by atoms with Crippen LogP contribution in [0.1, 0.15) is 40.5 Å². The van der Waals surface area contributed by atoms with Crippen molar-refractivity contribution in [1.29, 1.82) is 0 Å². The maximum atomic E-state index is 14.6. The molecule has 0 saturated carbocycles. The Kier molecular flexibility index (Phi) is 8.55. The van der Waals surface area contributed by atoms with E-state index < -0.39 is 13.9 Å². The van der Waals surface area contributed by atoms with E-state index >= 15 is 0 Å². The second kappa shape index (κ2) is 12.4. The average molecular weight is 641 g/mol. The Bertz CT molecular complexity index is 1740. The lowest BCUT2D eigenvalue weighted by atomic mass is 9.82. The molecule has 1 fully saturated rings. The van der Waals surface area contributed by atoms with Gasteiger partial charge in [0, 0.05) is 59.7 Å². The minimum absolute atomic E-state index is 0.00257. The fourth-order valence-electron chi connectivity index (χ4n) is 7.16. The van der Waals surface area contributed by atoms with Crippen molar-refractivity contribution < 1.29 is 24.2 Å². The number of amides is 2. The molecule has 11 nitrogen and oxygen atoms in total. The summed E-state index contributed by atoms with van der Waals surface area (Å²) < 4.78 is 8.62. The molecule has 2 aliphatic heterocycles. The van der Waals surface area contributed by atoms with E-state index in [9.17, 15) is 19.5 Å². The Labute approximate surface area is 269 Å². The predicted molar refractivity (Wildman–Crippen MR) is 177 cm³/mol. The van der Waals surface area contributed by atoms with Gasteiger partial charge in [0.05, 0.1) is 24.0 Å². The Morgan fingerprint density at radius 1 is 1.11 bits per heavy atom. The molecule has 4 aromatic rings. The third kappa shape index (κ3) is 5.84. The molecule has 1 aromatic heterocycles. The summed E-state index contributed by atoms with van der Waals surface area (Å²) in [7, 11) is -2.81. The van der Waals surface area contributed by atoms with Gasteiger partial charge in [0.25, 0.3) is 11.8 Å². The van der Waals surface area contributed by atoms with Crippen LogP contribution in [0.25, 0.3) is 0 Å². The summed E-state index contributed by atoms with van der Waals surface area (Å²) >= 11 is 0. The number of hydrogen-bond acceptors (Lipinski definition) is 8. The van der Waals surface area contributed by atoms with Gasteiger partial charge in [-0.1, -0.05) is 42.5 Å². The number of rotatable bonds is 10. The number of carbonyl (C=O) groups excluding carboxylic acids is 2. The highest BCUT2D eigenvalue weighted by molar-refractivity contribution is 6.71. The SMILES string of the molecule is C[C@@H]1[C@@H]([Si](C)(C)O)[C@H](CCn2cc(CCO)nn2)O[C@@]12C(=O)N(Cc1cccc(NC(=O)c3ccc(N)cc3)c1)c1ccccc12. The van der Waals surface area contributed by atoms with Gasteiger partial charge < -0.3 is 30.6 Å². The standard InChI is InChI=1S/C34H40N6O5Si/c1-22-31(46(2,3)44)30(15-17-39-21-27(16-18-41)37-38-39)45-34(22)28-9-4-5-10-29(28)40(33(34)43)20-23-7-6-8-26(19-23)36-32(42)24-11-13-25(35)14-12-24/h4-14,19,21-22,30-31,41,44H,15-18,20,35H2,1-3H3,(H,36,42)/t22-,30+,31-,34+/m1/s1. The van der Waals surface area contributed by atoms with Crippen LogP contribution in [-0.4, -0.2) is 57.7 Å². The van der Waals surface area contributed by atoms with Gasteiger partial charge in [0.2, 0.25) is 0 Å². The molecule has 1 spiro atoms. The van der Waals surface area contributed by atoms with E-state index in [-0.39, 0.29) is 42.5 Å². The van der Waals surface area contributed by atoms with Crippen molar-refractivity contribution in [3.05, 3.63) is 101 Å². The molecule has 1 saturated heterocycles. The van der Waals surface area contributed by atoms with E-state index in [2.05, 4.69) is 15.6 Å². The quantitative estimate of drug-likeness (QED) is 0.149. The van der Waals surface area contributed by atoms with Crippen LogP contribution in [0.3, 0.4) is 0 Å². The summed E-state index contributed by atoms with van der Waals surface area (Å²) in [6, 6.07) is 21.9. The summed E-state index contributed by atoms with van der Waals surface area (Å²) in [6.07, 6.45) is 2.40. The monoisotopic (exact) mass is 640 g/mol. The van der Waals surface area contributed by atoms with Crippen molar-refractivity contribution >= 4 is 37.2 Å². The van der Waals surface area contributed by atoms with Gasteiger partial charge in [0.1, 0.15) is 0 Å². The third-order valence-corrected chi connectivity index (χ3v) is 11.7. The number of nitrogens with zero attached hydrogens (tertiary/aromatic N) is 4. The Hall–Kier alpha value is -4.36. The first-order valence-electron chi connectivity index (χ1n) is 15.6. The molecule has 0 radical (unpaired) electrons. The van der Waals surface area contributed by atoms with Gasteiger partial charge in [-0.05, 0) is 67.5 Å². The molecule has 0 aliphatic carbocycles. The highest BCUT2D eigenvalue weighted by Gasteiger charge is 2.66. The number of carbonyl (C=O) groups is 2. The summed E-state index contributed by atoms with van der Waals surface area (Å²) in [6.45, 7) is 6.62. The maximum absolute atomic E-state index is 14.6. The molecule has 240 valence electrons. The van der Waals surface area contributed by atoms with Gasteiger partial charge in [-0.3, -0.25) is 14.3 Å². The van der Waals surface area contributed by atoms with Gasteiger partial charge in [-0.2, -0.15) is 0 Å². The predicted octanol–water partition coefficient (Wildman–Crippen LogP) is 4.08. The minimum atomic E-state index is -2.81. The summed E-state index contributed by atoms with van der Waals surface area (Å²) in [4.78, 5) is 40.8. The van der Waals surface area contributed by atoms with E-state index in [1.807, 2.05) is 74.7 Å². The highest BCUT2D eigenvalue weighted by atomic mass is 28.4. The van der Waals surface area contributed by atoms with Crippen LogP contribution in [0.5, 0.6) is 0 Å². The molecule has 6 rings (SSSR count). The molecule has 3 aromatic carbocycles. The van der Waals surface area contributed by atoms with Crippen LogP contribution in [0.15, 0.2) is 79.0 Å². The molecule has 12 heteroatoms. The fourth-order valence-corrected chi connectivity index (χ4v) is 9.77. The van der Waals surface area contributed by atoms with Crippen LogP contribution >= 0.6 is 0 Å². The number of aliphatic hydroxyl groups is 1. The number of nitrogen functional groups attached to an aromatic ring is 1. The Morgan fingerprint density at radius 2 is 1.87 bits per heavy atom. The first kappa shape index (κ1) is 31.6. The lowest BCUT2D eigenvalue weighted by Crippen LogP contribution is -2.46. The molecular weight excluding hydrogens is 600 g/mol. The number of hydrogen-bond donors (Lipinski definition) is 4. The number of fused-ring (bicyclic) bond motifs is 2. The fraction of sp³-hybridized carbons (Fsp3) is 0.353. The highest BCUT2D eigenvalue weighted by Crippen LogP contribution is 2.59. The summed E-state index contributed by atoms with van der Waals surface area (Å²) in [5, 5.41) is 20.5. The zero-order chi connectivity index (χ0) is 32.6. The molecule has 0 unspecified atom stereocenters. The number of para-hydroxylation sites is 1.